The van der Waals surface area contributed by atoms with Gasteiger partial charge in [-0.15, -0.1) is 0 Å². The Bertz CT molecular complexity index is 1590. The van der Waals surface area contributed by atoms with Gasteiger partial charge in [0.05, 0.1) is 27.8 Å². The second kappa shape index (κ2) is 9.39. The van der Waals surface area contributed by atoms with E-state index in [-0.39, 0.29) is 45.4 Å². The third-order valence-electron chi connectivity index (χ3n) is 14.4. The van der Waals surface area contributed by atoms with Crippen LogP contribution in [0.4, 0.5) is 0 Å². The molecule has 7 atom stereocenters. The van der Waals surface area contributed by atoms with Gasteiger partial charge in [0, 0.05) is 5.41 Å². The van der Waals surface area contributed by atoms with E-state index in [1.807, 2.05) is 0 Å². The summed E-state index contributed by atoms with van der Waals surface area (Å²) in [5.41, 5.74) is 5.63. The molecule has 0 spiro atoms. The Morgan fingerprint density at radius 3 is 2.30 bits per heavy atom. The summed E-state index contributed by atoms with van der Waals surface area (Å²) in [6.07, 6.45) is 11.6. The molecule has 2 aromatic rings. The quantitative estimate of drug-likeness (QED) is 0.355. The molecule has 3 fully saturated rings. The summed E-state index contributed by atoms with van der Waals surface area (Å²) < 4.78 is 0. The Morgan fingerprint density at radius 2 is 1.59 bits per heavy atom. The second-order valence-corrected chi connectivity index (χ2v) is 17.4. The molecule has 6 heteroatoms. The lowest BCUT2D eigenvalue weighted by Gasteiger charge is -2.70. The fourth-order valence-electron chi connectivity index (χ4n) is 12.0. The van der Waals surface area contributed by atoms with Crippen molar-refractivity contribution in [2.45, 2.75) is 112 Å². The third kappa shape index (κ3) is 3.90. The number of nitrogens with zero attached hydrogens (tertiary/aromatic N) is 2. The molecule has 5 aliphatic carbocycles. The fourth-order valence-corrected chi connectivity index (χ4v) is 12.0. The number of nitrogens with one attached hydrogen (secondary N) is 1. The van der Waals surface area contributed by atoms with E-state index in [0.717, 1.165) is 56.0 Å². The van der Waals surface area contributed by atoms with Gasteiger partial charge >= 0.3 is 5.97 Å². The molecule has 0 unspecified atom stereocenters. The van der Waals surface area contributed by atoms with Gasteiger partial charge in [0.25, 0.3) is 0 Å². The van der Waals surface area contributed by atoms with Crippen LogP contribution in [0.2, 0.25) is 0 Å². The number of allylic oxidation sites excluding steroid dienone is 2. The zero-order chi connectivity index (χ0) is 31.5. The Kier molecular flexibility index (Phi) is 6.38. The number of carbonyl (C=O) groups excluding carboxylic acids is 1. The van der Waals surface area contributed by atoms with Gasteiger partial charge in [0.2, 0.25) is 5.91 Å². The van der Waals surface area contributed by atoms with E-state index < -0.39 is 11.4 Å². The molecule has 44 heavy (non-hydrogen) atoms. The van der Waals surface area contributed by atoms with Crippen LogP contribution in [0.1, 0.15) is 111 Å². The highest BCUT2D eigenvalue weighted by molar-refractivity contribution is 5.87. The number of hydrogen-bond acceptors (Lipinski definition) is 4. The highest BCUT2D eigenvalue weighted by atomic mass is 16.4. The van der Waals surface area contributed by atoms with Gasteiger partial charge < -0.3 is 10.4 Å². The van der Waals surface area contributed by atoms with Crippen molar-refractivity contribution in [3.63, 3.8) is 0 Å². The summed E-state index contributed by atoms with van der Waals surface area (Å²) in [7, 11) is 0. The van der Waals surface area contributed by atoms with Crippen molar-refractivity contribution in [2.24, 2.45) is 44.8 Å². The van der Waals surface area contributed by atoms with Crippen molar-refractivity contribution in [2.75, 3.05) is 6.54 Å². The maximum absolute atomic E-state index is 13.9. The van der Waals surface area contributed by atoms with Crippen molar-refractivity contribution in [1.82, 2.24) is 15.3 Å². The van der Waals surface area contributed by atoms with E-state index in [1.54, 1.807) is 0 Å². The molecule has 2 N–H and O–H groups in total. The predicted octanol–water partition coefficient (Wildman–Crippen LogP) is 7.65. The van der Waals surface area contributed by atoms with Gasteiger partial charge in [-0.25, -0.2) is 9.97 Å². The number of carboxylic acid groups (broad SMARTS) is 1. The lowest BCUT2D eigenvalue weighted by Crippen LogP contribution is -2.65. The topological polar surface area (TPSA) is 92.2 Å². The minimum atomic E-state index is -0.977. The normalized spacial score (nSPS) is 39.9. The van der Waals surface area contributed by atoms with Crippen LogP contribution in [0.25, 0.3) is 11.0 Å². The molecule has 0 saturated heterocycles. The van der Waals surface area contributed by atoms with Crippen LogP contribution in [0.3, 0.4) is 0 Å². The molecule has 236 valence electrons. The van der Waals surface area contributed by atoms with E-state index in [4.69, 9.17) is 9.97 Å². The SMILES string of the molecule is CC1(C)CC[C@]2(C(=O)NCC(=O)O)CC[C@]3(C)C(=CC[C@@H]4[C@@]5(C)Cc6nc7ccccc7nc6C(C)(C)[C@@H]5CC[C@]43C)[C@@H]2C1. The fraction of sp³-hybridized carbons (Fsp3) is 0.684. The van der Waals surface area contributed by atoms with E-state index in [1.165, 1.54) is 29.8 Å². The first-order valence-corrected chi connectivity index (χ1v) is 17.0. The minimum absolute atomic E-state index is 0.00194. The number of aliphatic carboxylic acids is 1. The first-order valence-electron chi connectivity index (χ1n) is 17.0. The number of amides is 1. The van der Waals surface area contributed by atoms with Gasteiger partial charge in [0.1, 0.15) is 6.54 Å². The standard InChI is InChI=1S/C38H51N3O3/c1-33(2)16-18-38(32(44)39-22-30(42)43)19-17-36(6)23(24(38)20-33)12-13-29-35(5)21-27-31(41-26-11-9-8-10-25(26)40-27)34(3,4)28(35)14-15-37(29,36)7/h8-12,24,28-29H,13-22H2,1-7H3,(H,39,44)(H,42,43)/t24-,28-,29+,35-,36+,37+,38-/m0/s1. The van der Waals surface area contributed by atoms with Gasteiger partial charge in [-0.2, -0.15) is 0 Å². The van der Waals surface area contributed by atoms with Crippen molar-refractivity contribution in [3.8, 4) is 0 Å². The van der Waals surface area contributed by atoms with Crippen molar-refractivity contribution >= 4 is 22.9 Å². The molecule has 6 nitrogen and oxygen atoms in total. The van der Waals surface area contributed by atoms with Crippen LogP contribution in [0.15, 0.2) is 35.9 Å². The highest BCUT2D eigenvalue weighted by Crippen LogP contribution is 2.75. The molecule has 5 aliphatic rings. The monoisotopic (exact) mass is 597 g/mol. The molecule has 0 bridgehead atoms. The second-order valence-electron chi connectivity index (χ2n) is 17.4. The van der Waals surface area contributed by atoms with Gasteiger partial charge in [0.15, 0.2) is 0 Å². The van der Waals surface area contributed by atoms with Crippen LogP contribution in [-0.2, 0) is 21.4 Å². The Morgan fingerprint density at radius 1 is 0.909 bits per heavy atom. The molecule has 1 heterocycles. The zero-order valence-electron chi connectivity index (χ0n) is 27.8. The predicted molar refractivity (Wildman–Crippen MR) is 173 cm³/mol. The third-order valence-corrected chi connectivity index (χ3v) is 14.4. The van der Waals surface area contributed by atoms with E-state index in [0.29, 0.717) is 11.8 Å². The number of para-hydroxylation sites is 2. The molecule has 1 aromatic carbocycles. The maximum atomic E-state index is 13.9. The Balaban J connectivity index is 1.31. The minimum Gasteiger partial charge on any atom is -0.480 e. The number of carboxylic acids is 1. The van der Waals surface area contributed by atoms with E-state index >= 15 is 0 Å². The smallest absolute Gasteiger partial charge is 0.322 e. The summed E-state index contributed by atoms with van der Waals surface area (Å²) in [6.45, 7) is 16.9. The molecule has 0 aliphatic heterocycles. The number of hydrogen-bond donors (Lipinski definition) is 2. The molecule has 1 aromatic heterocycles. The number of aromatic nitrogens is 2. The Hall–Kier alpha value is -2.76. The van der Waals surface area contributed by atoms with Crippen molar-refractivity contribution in [1.29, 1.82) is 0 Å². The van der Waals surface area contributed by atoms with Crippen LogP contribution < -0.4 is 5.32 Å². The lowest BCUT2D eigenvalue weighted by atomic mass is 9.33. The molecule has 0 radical (unpaired) electrons. The lowest BCUT2D eigenvalue weighted by molar-refractivity contribution is -0.168. The van der Waals surface area contributed by atoms with Crippen molar-refractivity contribution in [3.05, 3.63) is 47.3 Å². The Labute approximate surface area is 262 Å². The zero-order valence-corrected chi connectivity index (χ0v) is 27.8. The molecular formula is C38H51N3O3. The number of benzene rings is 1. The van der Waals surface area contributed by atoms with Gasteiger partial charge in [-0.05, 0) is 109 Å². The average Bonchev–Trinajstić information content (AvgIpc) is 2.95. The molecule has 1 amide bonds. The van der Waals surface area contributed by atoms with Crippen LogP contribution in [0.5, 0.6) is 0 Å². The number of fused-ring (bicyclic) bond motifs is 9. The maximum Gasteiger partial charge on any atom is 0.322 e. The summed E-state index contributed by atoms with van der Waals surface area (Å²) >= 11 is 0. The van der Waals surface area contributed by atoms with Crippen LogP contribution >= 0.6 is 0 Å². The summed E-state index contributed by atoms with van der Waals surface area (Å²) in [4.78, 5) is 35.9. The summed E-state index contributed by atoms with van der Waals surface area (Å²) in [5, 5.41) is 12.2. The number of rotatable bonds is 3. The first-order chi connectivity index (χ1) is 20.6. The molecular weight excluding hydrogens is 546 g/mol. The number of carbonyl (C=O) groups is 2. The average molecular weight is 598 g/mol. The highest BCUT2D eigenvalue weighted by Gasteiger charge is 2.69. The first kappa shape index (κ1) is 29.9. The van der Waals surface area contributed by atoms with E-state index in [2.05, 4.69) is 84.1 Å². The summed E-state index contributed by atoms with van der Waals surface area (Å²) in [6, 6.07) is 8.31. The molecule has 3 saturated carbocycles. The summed E-state index contributed by atoms with van der Waals surface area (Å²) in [5.74, 6) is 0.168. The van der Waals surface area contributed by atoms with Gasteiger partial charge in [-0.3, -0.25) is 9.59 Å². The van der Waals surface area contributed by atoms with Crippen LogP contribution in [0, 0.1) is 44.8 Å². The van der Waals surface area contributed by atoms with Gasteiger partial charge in [-0.1, -0.05) is 72.2 Å². The van der Waals surface area contributed by atoms with Crippen LogP contribution in [-0.4, -0.2) is 33.5 Å². The largest absolute Gasteiger partial charge is 0.480 e. The molecule has 7 rings (SSSR count). The van der Waals surface area contributed by atoms with E-state index in [9.17, 15) is 14.7 Å². The van der Waals surface area contributed by atoms with Crippen molar-refractivity contribution < 1.29 is 14.7 Å².